The molecule has 0 bridgehead atoms. The minimum Gasteiger partial charge on any atom is -0.343 e. The molecule has 3 heterocycles. The zero-order valence-electron chi connectivity index (χ0n) is 16.6. The molecule has 0 radical (unpaired) electrons. The van der Waals surface area contributed by atoms with Crippen LogP contribution in [0.15, 0.2) is 57.8 Å². The smallest absolute Gasteiger partial charge is 0.285 e. The number of hydrogen-bond donors (Lipinski definition) is 1. The molecule has 2 aromatic carbocycles. The van der Waals surface area contributed by atoms with Crippen molar-refractivity contribution >= 4 is 27.5 Å². The zero-order chi connectivity index (χ0) is 21.6. The van der Waals surface area contributed by atoms with Gasteiger partial charge in [0.05, 0.1) is 5.69 Å². The third-order valence-electron chi connectivity index (χ3n) is 5.42. The predicted molar refractivity (Wildman–Crippen MR) is 112 cm³/mol. The number of fused-ring (bicyclic) bond motifs is 1. The van der Waals surface area contributed by atoms with E-state index in [2.05, 4.69) is 25.2 Å². The average molecular weight is 437 g/mol. The van der Waals surface area contributed by atoms with E-state index in [1.807, 2.05) is 12.1 Å². The highest BCUT2D eigenvalue weighted by Crippen LogP contribution is 2.31. The van der Waals surface area contributed by atoms with Gasteiger partial charge in [0, 0.05) is 17.8 Å². The molecule has 2 aliphatic rings. The number of tetrazole rings is 1. The second kappa shape index (κ2) is 7.27. The molecule has 0 aliphatic carbocycles. The van der Waals surface area contributed by atoms with Gasteiger partial charge in [0.25, 0.3) is 10.0 Å². The number of amides is 1. The van der Waals surface area contributed by atoms with Crippen LogP contribution in [0.25, 0.3) is 5.69 Å². The maximum Gasteiger partial charge on any atom is 0.285 e. The summed E-state index contributed by atoms with van der Waals surface area (Å²) in [7, 11) is -3.74. The molecule has 10 nitrogen and oxygen atoms in total. The summed E-state index contributed by atoms with van der Waals surface area (Å²) < 4.78 is 30.4. The molecule has 1 saturated heterocycles. The van der Waals surface area contributed by atoms with Crippen LogP contribution < -0.4 is 5.32 Å². The monoisotopic (exact) mass is 437 g/mol. The third-order valence-corrected chi connectivity index (χ3v) is 6.75. The van der Waals surface area contributed by atoms with Crippen molar-refractivity contribution in [2.75, 3.05) is 11.9 Å². The summed E-state index contributed by atoms with van der Waals surface area (Å²) in [6.45, 7) is 2.35. The van der Waals surface area contributed by atoms with Crippen LogP contribution in [0.3, 0.4) is 0 Å². The van der Waals surface area contributed by atoms with Gasteiger partial charge in [0.15, 0.2) is 11.7 Å². The SMILES string of the molecule is Cc1nnnn1-c1cccc(NC(=O)[C@@H]2CCCN2C2=NS(=O)(=O)c3ccccc32)c1. The molecule has 0 spiro atoms. The summed E-state index contributed by atoms with van der Waals surface area (Å²) in [4.78, 5) is 15.1. The predicted octanol–water partition coefficient (Wildman–Crippen LogP) is 1.52. The Morgan fingerprint density at radius 3 is 2.81 bits per heavy atom. The van der Waals surface area contributed by atoms with Crippen LogP contribution in [0.1, 0.15) is 24.2 Å². The van der Waals surface area contributed by atoms with E-state index in [0.29, 0.717) is 35.9 Å². The number of amidine groups is 1. The Bertz CT molecular complexity index is 1320. The highest BCUT2D eigenvalue weighted by atomic mass is 32.2. The minimum absolute atomic E-state index is 0.181. The number of nitrogens with one attached hydrogen (secondary N) is 1. The highest BCUT2D eigenvalue weighted by molar-refractivity contribution is 7.90. The first-order valence-corrected chi connectivity index (χ1v) is 11.3. The van der Waals surface area contributed by atoms with Crippen molar-refractivity contribution in [2.45, 2.75) is 30.7 Å². The van der Waals surface area contributed by atoms with Gasteiger partial charge in [-0.3, -0.25) is 4.79 Å². The van der Waals surface area contributed by atoms with Crippen LogP contribution in [-0.4, -0.2) is 57.9 Å². The van der Waals surface area contributed by atoms with Crippen molar-refractivity contribution in [3.05, 3.63) is 59.9 Å². The highest BCUT2D eigenvalue weighted by Gasteiger charge is 2.39. The Labute approximate surface area is 178 Å². The quantitative estimate of drug-likeness (QED) is 0.659. The molecule has 5 rings (SSSR count). The van der Waals surface area contributed by atoms with Crippen LogP contribution in [0.5, 0.6) is 0 Å². The van der Waals surface area contributed by atoms with Crippen LogP contribution in [-0.2, 0) is 14.8 Å². The number of benzene rings is 2. The third kappa shape index (κ3) is 3.36. The first-order valence-electron chi connectivity index (χ1n) is 9.81. The number of aryl methyl sites for hydroxylation is 1. The van der Waals surface area contributed by atoms with Crippen LogP contribution >= 0.6 is 0 Å². The van der Waals surface area contributed by atoms with Crippen molar-refractivity contribution in [3.63, 3.8) is 0 Å². The molecule has 158 valence electrons. The molecule has 0 unspecified atom stereocenters. The van der Waals surface area contributed by atoms with Crippen molar-refractivity contribution in [3.8, 4) is 5.69 Å². The Morgan fingerprint density at radius 1 is 1.16 bits per heavy atom. The number of hydrogen-bond acceptors (Lipinski definition) is 7. The fourth-order valence-electron chi connectivity index (χ4n) is 4.00. The number of nitrogens with zero attached hydrogens (tertiary/aromatic N) is 6. The van der Waals surface area contributed by atoms with Gasteiger partial charge in [0.1, 0.15) is 10.9 Å². The Kier molecular flexibility index (Phi) is 4.54. The van der Waals surface area contributed by atoms with Gasteiger partial charge in [0.2, 0.25) is 5.91 Å². The van der Waals surface area contributed by atoms with Crippen molar-refractivity contribution in [2.24, 2.45) is 4.40 Å². The molecule has 1 aromatic heterocycles. The lowest BCUT2D eigenvalue weighted by atomic mass is 10.1. The first-order chi connectivity index (χ1) is 14.9. The van der Waals surface area contributed by atoms with Crippen LogP contribution in [0, 0.1) is 6.92 Å². The van der Waals surface area contributed by atoms with E-state index in [1.165, 1.54) is 0 Å². The maximum atomic E-state index is 13.1. The molecule has 31 heavy (non-hydrogen) atoms. The normalized spacial score (nSPS) is 19.2. The number of rotatable bonds is 3. The van der Waals surface area contributed by atoms with E-state index >= 15 is 0 Å². The standard InChI is InChI=1S/C20H19N7O3S/c1-13-22-24-25-27(13)15-7-4-6-14(12-15)21-20(28)17-9-5-11-26(17)19-16-8-2-3-10-18(16)31(29,30)23-19/h2-4,6-8,10,12,17H,5,9,11H2,1H3,(H,21,28)/t17-/m0/s1. The van der Waals surface area contributed by atoms with Gasteiger partial charge < -0.3 is 10.2 Å². The lowest BCUT2D eigenvalue weighted by Gasteiger charge is -2.25. The van der Waals surface area contributed by atoms with Crippen molar-refractivity contribution in [1.82, 2.24) is 25.1 Å². The Morgan fingerprint density at radius 2 is 2.00 bits per heavy atom. The summed E-state index contributed by atoms with van der Waals surface area (Å²) in [5, 5.41) is 14.4. The number of likely N-dealkylation sites (tertiary alicyclic amines) is 1. The largest absolute Gasteiger partial charge is 0.343 e. The molecule has 1 N–H and O–H groups in total. The molecular formula is C20H19N7O3S. The molecule has 3 aromatic rings. The molecule has 11 heteroatoms. The molecule has 1 amide bonds. The van der Waals surface area contributed by atoms with E-state index < -0.39 is 16.1 Å². The topological polar surface area (TPSA) is 122 Å². The lowest BCUT2D eigenvalue weighted by Crippen LogP contribution is -2.43. The average Bonchev–Trinajstić information content (AvgIpc) is 3.46. The lowest BCUT2D eigenvalue weighted by molar-refractivity contribution is -0.119. The Balaban J connectivity index is 1.40. The van der Waals surface area contributed by atoms with Crippen LogP contribution in [0.2, 0.25) is 0 Å². The number of anilines is 1. The van der Waals surface area contributed by atoms with Crippen molar-refractivity contribution < 1.29 is 13.2 Å². The van der Waals surface area contributed by atoms with Gasteiger partial charge in [-0.1, -0.05) is 18.2 Å². The number of carbonyl (C=O) groups excluding carboxylic acids is 1. The summed E-state index contributed by atoms with van der Waals surface area (Å²) in [6, 6.07) is 13.4. The molecule has 0 saturated carbocycles. The van der Waals surface area contributed by atoms with E-state index in [0.717, 1.165) is 12.1 Å². The first kappa shape index (κ1) is 19.4. The van der Waals surface area contributed by atoms with Gasteiger partial charge in [-0.25, -0.2) is 0 Å². The molecule has 1 atom stereocenters. The van der Waals surface area contributed by atoms with Gasteiger partial charge >= 0.3 is 0 Å². The number of sulfonamides is 1. The fraction of sp³-hybridized carbons (Fsp3) is 0.250. The molecule has 2 aliphatic heterocycles. The molecule has 1 fully saturated rings. The fourth-order valence-corrected chi connectivity index (χ4v) is 5.22. The van der Waals surface area contributed by atoms with E-state index in [4.69, 9.17) is 0 Å². The molecular weight excluding hydrogens is 418 g/mol. The number of carbonyl (C=O) groups is 1. The minimum atomic E-state index is -3.74. The zero-order valence-corrected chi connectivity index (χ0v) is 17.5. The second-order valence-corrected chi connectivity index (χ2v) is 8.99. The summed E-state index contributed by atoms with van der Waals surface area (Å²) in [5.74, 6) is 0.753. The summed E-state index contributed by atoms with van der Waals surface area (Å²) in [5.41, 5.74) is 1.87. The second-order valence-electron chi connectivity index (χ2n) is 7.42. The van der Waals surface area contributed by atoms with Crippen molar-refractivity contribution in [1.29, 1.82) is 0 Å². The van der Waals surface area contributed by atoms with Gasteiger partial charge in [-0.05, 0) is 60.5 Å². The Hall–Kier alpha value is -3.60. The van der Waals surface area contributed by atoms with E-state index in [9.17, 15) is 13.2 Å². The van der Waals surface area contributed by atoms with E-state index in [-0.39, 0.29) is 10.8 Å². The van der Waals surface area contributed by atoms with Gasteiger partial charge in [-0.2, -0.15) is 13.1 Å². The van der Waals surface area contributed by atoms with Crippen LogP contribution in [0.4, 0.5) is 5.69 Å². The van der Waals surface area contributed by atoms with Gasteiger partial charge in [-0.15, -0.1) is 9.50 Å². The summed E-state index contributed by atoms with van der Waals surface area (Å²) >= 11 is 0. The van der Waals surface area contributed by atoms with E-state index in [1.54, 1.807) is 52.9 Å². The number of aromatic nitrogens is 4. The summed E-state index contributed by atoms with van der Waals surface area (Å²) in [6.07, 6.45) is 1.38. The maximum absolute atomic E-state index is 13.1.